The van der Waals surface area contributed by atoms with E-state index in [1.165, 1.54) is 0 Å². The summed E-state index contributed by atoms with van der Waals surface area (Å²) in [6, 6.07) is 0.930. The Kier molecular flexibility index (Phi) is 4.07. The minimum absolute atomic E-state index is 0.181. The first-order chi connectivity index (χ1) is 11.2. The molecule has 1 aliphatic carbocycles. The highest BCUT2D eigenvalue weighted by atomic mass is 16.5. The zero-order valence-electron chi connectivity index (χ0n) is 13.6. The Morgan fingerprint density at radius 2 is 2.30 bits per heavy atom. The van der Waals surface area contributed by atoms with Crippen LogP contribution in [0.25, 0.3) is 0 Å². The minimum Gasteiger partial charge on any atom is -0.378 e. The Balaban J connectivity index is 1.36. The molecule has 7 nitrogen and oxygen atoms in total. The molecular formula is C16H25N5O2. The predicted molar refractivity (Wildman–Crippen MR) is 83.5 cm³/mol. The first-order valence-electron chi connectivity index (χ1n) is 8.65. The molecule has 4 heterocycles. The van der Waals surface area contributed by atoms with Crippen molar-refractivity contribution in [3.05, 3.63) is 11.9 Å². The lowest BCUT2D eigenvalue weighted by atomic mass is 9.75. The van der Waals surface area contributed by atoms with E-state index < -0.39 is 0 Å². The normalized spacial score (nSPS) is 32.9. The van der Waals surface area contributed by atoms with Gasteiger partial charge < -0.3 is 10.1 Å². The molecule has 1 N–H and O–H groups in total. The number of methoxy groups -OCH3 is 1. The summed E-state index contributed by atoms with van der Waals surface area (Å²) >= 11 is 0. The number of piperidine rings is 3. The maximum atomic E-state index is 12.4. The molecule has 4 fully saturated rings. The quantitative estimate of drug-likeness (QED) is 0.822. The Labute approximate surface area is 136 Å². The molecule has 1 amide bonds. The van der Waals surface area contributed by atoms with E-state index in [0.717, 1.165) is 51.0 Å². The maximum absolute atomic E-state index is 12.4. The van der Waals surface area contributed by atoms with E-state index in [2.05, 4.69) is 20.5 Å². The van der Waals surface area contributed by atoms with Crippen LogP contribution in [-0.4, -0.2) is 58.1 Å². The van der Waals surface area contributed by atoms with Gasteiger partial charge in [-0.2, -0.15) is 0 Å². The van der Waals surface area contributed by atoms with Gasteiger partial charge in [-0.25, -0.2) is 0 Å². The number of carbonyl (C=O) groups excluding carboxylic acids is 1. The highest BCUT2D eigenvalue weighted by Gasteiger charge is 2.44. The van der Waals surface area contributed by atoms with Gasteiger partial charge in [0.15, 0.2) is 0 Å². The van der Waals surface area contributed by atoms with E-state index in [1.807, 2.05) is 10.9 Å². The van der Waals surface area contributed by atoms with Gasteiger partial charge in [-0.1, -0.05) is 5.21 Å². The third-order valence-electron chi connectivity index (χ3n) is 5.42. The van der Waals surface area contributed by atoms with Crippen LogP contribution in [0.15, 0.2) is 6.20 Å². The van der Waals surface area contributed by atoms with E-state index in [1.54, 1.807) is 7.11 Å². The number of ether oxygens (including phenoxy) is 1. The number of hydrogen-bond acceptors (Lipinski definition) is 5. The molecule has 126 valence electrons. The van der Waals surface area contributed by atoms with Crippen molar-refractivity contribution in [2.75, 3.05) is 20.2 Å². The molecule has 4 atom stereocenters. The molecule has 3 aliphatic heterocycles. The molecule has 23 heavy (non-hydrogen) atoms. The van der Waals surface area contributed by atoms with Gasteiger partial charge in [-0.15, -0.1) is 5.10 Å². The summed E-state index contributed by atoms with van der Waals surface area (Å²) in [7, 11) is 1.66. The summed E-state index contributed by atoms with van der Waals surface area (Å²) < 4.78 is 7.00. The Morgan fingerprint density at radius 3 is 3.00 bits per heavy atom. The van der Waals surface area contributed by atoms with Crippen LogP contribution in [0.2, 0.25) is 0 Å². The summed E-state index contributed by atoms with van der Waals surface area (Å²) in [5.74, 6) is 0.981. The van der Waals surface area contributed by atoms with Crippen molar-refractivity contribution in [1.82, 2.24) is 25.2 Å². The first kappa shape index (κ1) is 15.1. The molecule has 1 aromatic heterocycles. The Hall–Kier alpha value is -1.47. The second kappa shape index (κ2) is 6.20. The van der Waals surface area contributed by atoms with Gasteiger partial charge in [0.1, 0.15) is 5.69 Å². The zero-order chi connectivity index (χ0) is 15.8. The molecule has 3 saturated heterocycles. The smallest absolute Gasteiger partial charge is 0.224 e. The monoisotopic (exact) mass is 319 g/mol. The molecule has 1 saturated carbocycles. The molecule has 4 aliphatic rings. The van der Waals surface area contributed by atoms with Crippen LogP contribution in [0.3, 0.4) is 0 Å². The van der Waals surface area contributed by atoms with Crippen LogP contribution in [0.4, 0.5) is 0 Å². The molecule has 1 unspecified atom stereocenters. The largest absolute Gasteiger partial charge is 0.378 e. The number of aromatic nitrogens is 3. The van der Waals surface area contributed by atoms with Gasteiger partial charge in [-0.3, -0.25) is 14.4 Å². The van der Waals surface area contributed by atoms with Gasteiger partial charge in [0.2, 0.25) is 5.91 Å². The van der Waals surface area contributed by atoms with Crippen LogP contribution in [-0.2, 0) is 22.7 Å². The van der Waals surface area contributed by atoms with Crippen molar-refractivity contribution < 1.29 is 9.53 Å². The standard InChI is InChI=1S/C16H25N5O2/c1-23-10-13-7-21(19-18-13)8-14-6-11-4-5-20(14)9-15(11)16(22)17-12-2-3-12/h7,11-12,14-15H,2-6,8-10H2,1H3,(H,17,22)/t11-,14+,15-/m0/s1. The fourth-order valence-corrected chi connectivity index (χ4v) is 4.02. The Morgan fingerprint density at radius 1 is 1.43 bits per heavy atom. The van der Waals surface area contributed by atoms with Crippen LogP contribution < -0.4 is 5.32 Å². The maximum Gasteiger partial charge on any atom is 0.224 e. The molecular weight excluding hydrogens is 294 g/mol. The van der Waals surface area contributed by atoms with Crippen molar-refractivity contribution in [2.45, 2.75) is 50.9 Å². The number of nitrogens with zero attached hydrogens (tertiary/aromatic N) is 4. The van der Waals surface area contributed by atoms with Gasteiger partial charge in [0.05, 0.1) is 25.3 Å². The highest BCUT2D eigenvalue weighted by molar-refractivity contribution is 5.80. The van der Waals surface area contributed by atoms with Crippen LogP contribution in [0, 0.1) is 11.8 Å². The lowest BCUT2D eigenvalue weighted by Gasteiger charge is -2.49. The number of amides is 1. The SMILES string of the molecule is COCc1cn(C[C@H]2C[C@@H]3CCN2C[C@@H]3C(=O)NC2CC2)nn1. The molecule has 0 radical (unpaired) electrons. The fraction of sp³-hybridized carbons (Fsp3) is 0.812. The minimum atomic E-state index is 0.181. The highest BCUT2D eigenvalue weighted by Crippen LogP contribution is 2.37. The third-order valence-corrected chi connectivity index (χ3v) is 5.42. The second-order valence-electron chi connectivity index (χ2n) is 7.19. The molecule has 5 rings (SSSR count). The van der Waals surface area contributed by atoms with Gasteiger partial charge in [-0.05, 0) is 38.1 Å². The van der Waals surface area contributed by atoms with E-state index >= 15 is 0 Å². The van der Waals surface area contributed by atoms with Gasteiger partial charge >= 0.3 is 0 Å². The summed E-state index contributed by atoms with van der Waals surface area (Å²) in [5.41, 5.74) is 0.866. The van der Waals surface area contributed by atoms with E-state index in [0.29, 0.717) is 24.6 Å². The number of rotatable bonds is 6. The lowest BCUT2D eigenvalue weighted by molar-refractivity contribution is -0.133. The predicted octanol–water partition coefficient (Wildman–Crippen LogP) is 0.414. The average molecular weight is 319 g/mol. The van der Waals surface area contributed by atoms with E-state index in [4.69, 9.17) is 4.74 Å². The third kappa shape index (κ3) is 3.26. The number of fused-ring (bicyclic) bond motifs is 3. The van der Waals surface area contributed by atoms with Crippen molar-refractivity contribution >= 4 is 5.91 Å². The van der Waals surface area contributed by atoms with E-state index in [9.17, 15) is 4.79 Å². The zero-order valence-corrected chi connectivity index (χ0v) is 13.6. The second-order valence-corrected chi connectivity index (χ2v) is 7.19. The first-order valence-corrected chi connectivity index (χ1v) is 8.65. The van der Waals surface area contributed by atoms with Crippen LogP contribution in [0.1, 0.15) is 31.4 Å². The van der Waals surface area contributed by atoms with Crippen LogP contribution >= 0.6 is 0 Å². The molecule has 2 bridgehead atoms. The van der Waals surface area contributed by atoms with Crippen molar-refractivity contribution in [2.24, 2.45) is 11.8 Å². The summed E-state index contributed by atoms with van der Waals surface area (Å²) in [4.78, 5) is 14.9. The molecule has 7 heteroatoms. The topological polar surface area (TPSA) is 72.3 Å². The van der Waals surface area contributed by atoms with Crippen molar-refractivity contribution in [3.8, 4) is 0 Å². The number of nitrogens with one attached hydrogen (secondary N) is 1. The number of carbonyl (C=O) groups is 1. The summed E-state index contributed by atoms with van der Waals surface area (Å²) in [5, 5.41) is 11.5. The number of hydrogen-bond donors (Lipinski definition) is 1. The van der Waals surface area contributed by atoms with E-state index in [-0.39, 0.29) is 11.8 Å². The molecule has 0 spiro atoms. The van der Waals surface area contributed by atoms with Gasteiger partial charge in [0, 0.05) is 25.7 Å². The summed E-state index contributed by atoms with van der Waals surface area (Å²) in [6.45, 7) is 3.35. The summed E-state index contributed by atoms with van der Waals surface area (Å²) in [6.07, 6.45) is 6.51. The van der Waals surface area contributed by atoms with Crippen LogP contribution in [0.5, 0.6) is 0 Å². The molecule has 0 aromatic carbocycles. The fourth-order valence-electron chi connectivity index (χ4n) is 4.02. The molecule has 1 aromatic rings. The average Bonchev–Trinajstić information content (AvgIpc) is 3.27. The van der Waals surface area contributed by atoms with Gasteiger partial charge in [0.25, 0.3) is 0 Å². The van der Waals surface area contributed by atoms with Crippen molar-refractivity contribution in [1.29, 1.82) is 0 Å². The van der Waals surface area contributed by atoms with Crippen molar-refractivity contribution in [3.63, 3.8) is 0 Å². The Bertz CT molecular complexity index is 571. The lowest BCUT2D eigenvalue weighted by Crippen LogP contribution is -2.58.